The van der Waals surface area contributed by atoms with Gasteiger partial charge in [0.2, 0.25) is 5.82 Å². The van der Waals surface area contributed by atoms with Gasteiger partial charge in [0.05, 0.1) is 17.6 Å². The van der Waals surface area contributed by atoms with Gasteiger partial charge in [0.25, 0.3) is 5.91 Å². The Balaban J connectivity index is 1.92. The minimum absolute atomic E-state index is 0.0132. The summed E-state index contributed by atoms with van der Waals surface area (Å²) < 4.78 is 0. The number of hydrogen-bond acceptors (Lipinski definition) is 5. The molecule has 2 aromatic rings. The Morgan fingerprint density at radius 2 is 1.94 bits per heavy atom. The number of nitrogens with zero attached hydrogens (tertiary/aromatic N) is 3. The largest absolute Gasteiger partial charge is 0.370 e. The molecule has 6 N–H and O–H groups in total. The molecule has 2 atom stereocenters. The van der Waals surface area contributed by atoms with E-state index >= 15 is 0 Å². The molecule has 1 aliphatic carbocycles. The van der Waals surface area contributed by atoms with Gasteiger partial charge in [-0.15, -0.1) is 0 Å². The zero-order valence-corrected chi connectivity index (χ0v) is 18.8. The molecule has 31 heavy (non-hydrogen) atoms. The number of anilines is 1. The average molecular weight is 426 g/mol. The second kappa shape index (κ2) is 10.4. The van der Waals surface area contributed by atoms with Crippen LogP contribution >= 0.6 is 0 Å². The Labute approximate surface area is 184 Å². The van der Waals surface area contributed by atoms with E-state index < -0.39 is 0 Å². The van der Waals surface area contributed by atoms with Crippen molar-refractivity contribution in [2.24, 2.45) is 22.4 Å². The quantitative estimate of drug-likeness (QED) is 0.380. The number of guanidine groups is 1. The van der Waals surface area contributed by atoms with Crippen molar-refractivity contribution >= 4 is 28.6 Å². The number of carbonyl (C=O) groups excluding carboxylic acids is 1. The molecular formula is C23H35N7O. The van der Waals surface area contributed by atoms with Gasteiger partial charge in [0, 0.05) is 11.9 Å². The summed E-state index contributed by atoms with van der Waals surface area (Å²) in [5.74, 6) is 1.14. The van der Waals surface area contributed by atoms with E-state index in [1.807, 2.05) is 25.1 Å². The fraction of sp³-hybridized carbons (Fsp3) is 0.565. The maximum absolute atomic E-state index is 12.8. The van der Waals surface area contributed by atoms with Crippen LogP contribution in [0.4, 0.5) is 5.82 Å². The van der Waals surface area contributed by atoms with Gasteiger partial charge in [-0.3, -0.25) is 4.79 Å². The Morgan fingerprint density at radius 3 is 2.65 bits per heavy atom. The first kappa shape index (κ1) is 22.8. The van der Waals surface area contributed by atoms with E-state index in [2.05, 4.69) is 39.4 Å². The Kier molecular flexibility index (Phi) is 7.65. The van der Waals surface area contributed by atoms with Crippen LogP contribution in [-0.4, -0.2) is 40.5 Å². The maximum Gasteiger partial charge on any atom is 0.289 e. The van der Waals surface area contributed by atoms with Crippen molar-refractivity contribution in [3.63, 3.8) is 0 Å². The van der Waals surface area contributed by atoms with Gasteiger partial charge in [0.15, 0.2) is 5.96 Å². The number of benzene rings is 1. The van der Waals surface area contributed by atoms with Gasteiger partial charge in [-0.1, -0.05) is 51.2 Å². The molecule has 0 bridgehead atoms. The maximum atomic E-state index is 12.8. The van der Waals surface area contributed by atoms with Gasteiger partial charge in [-0.2, -0.15) is 0 Å². The summed E-state index contributed by atoms with van der Waals surface area (Å²) >= 11 is 0. The van der Waals surface area contributed by atoms with Crippen LogP contribution in [0.2, 0.25) is 0 Å². The molecule has 8 nitrogen and oxygen atoms in total. The number of aliphatic imine (C=N–C) groups is 1. The highest BCUT2D eigenvalue weighted by molar-refractivity contribution is 5.96. The summed E-state index contributed by atoms with van der Waals surface area (Å²) in [7, 11) is 0. The highest BCUT2D eigenvalue weighted by Crippen LogP contribution is 2.28. The lowest BCUT2D eigenvalue weighted by atomic mass is 9.90. The summed E-state index contributed by atoms with van der Waals surface area (Å²) in [6, 6.07) is 6.01. The molecule has 0 aliphatic heterocycles. The van der Waals surface area contributed by atoms with Gasteiger partial charge in [-0.05, 0) is 37.8 Å². The molecule has 3 rings (SSSR count). The van der Waals surface area contributed by atoms with Crippen molar-refractivity contribution in [1.82, 2.24) is 15.3 Å². The number of nitrogens with one attached hydrogen (secondary N) is 2. The van der Waals surface area contributed by atoms with Crippen LogP contribution in [-0.2, 0) is 0 Å². The standard InChI is InChI=1S/C23H35N7O/c1-4-15(5-2)13-26-22(31)21-27-17-11-10-14(3)12-16(17)20(30-21)28-18-8-6-7-9-19(18)29-23(24)25/h10-12,15,18-19H,4-9,13H2,1-3H3,(H,26,31)(H4,24,25,29)(H,27,28,30)/t18-,19+/m1/s1. The van der Waals surface area contributed by atoms with Crippen LogP contribution in [0.15, 0.2) is 23.2 Å². The topological polar surface area (TPSA) is 131 Å². The second-order valence-corrected chi connectivity index (χ2v) is 8.47. The van der Waals surface area contributed by atoms with Crippen molar-refractivity contribution in [1.29, 1.82) is 0 Å². The monoisotopic (exact) mass is 425 g/mol. The summed E-state index contributed by atoms with van der Waals surface area (Å²) in [5.41, 5.74) is 13.2. The first-order valence-electron chi connectivity index (χ1n) is 11.3. The fourth-order valence-corrected chi connectivity index (χ4v) is 4.15. The van der Waals surface area contributed by atoms with E-state index in [-0.39, 0.29) is 29.8 Å². The van der Waals surface area contributed by atoms with Crippen LogP contribution in [0.5, 0.6) is 0 Å². The molecule has 1 aliphatic rings. The number of nitrogens with two attached hydrogens (primary N) is 2. The van der Waals surface area contributed by atoms with E-state index in [1.54, 1.807) is 0 Å². The van der Waals surface area contributed by atoms with Gasteiger partial charge < -0.3 is 22.1 Å². The molecule has 0 spiro atoms. The van der Waals surface area contributed by atoms with Crippen LogP contribution in [0.3, 0.4) is 0 Å². The molecule has 1 amide bonds. The number of amides is 1. The highest BCUT2D eigenvalue weighted by atomic mass is 16.2. The van der Waals surface area contributed by atoms with Crippen molar-refractivity contribution in [2.75, 3.05) is 11.9 Å². The van der Waals surface area contributed by atoms with Gasteiger partial charge in [-0.25, -0.2) is 15.0 Å². The Hall–Kier alpha value is -2.90. The van der Waals surface area contributed by atoms with Crippen LogP contribution in [0.25, 0.3) is 10.9 Å². The zero-order chi connectivity index (χ0) is 22.4. The molecule has 1 aromatic heterocycles. The molecule has 1 heterocycles. The normalized spacial score (nSPS) is 18.7. The third-order valence-corrected chi connectivity index (χ3v) is 6.13. The molecule has 0 saturated heterocycles. The second-order valence-electron chi connectivity index (χ2n) is 8.47. The Morgan fingerprint density at radius 1 is 1.19 bits per heavy atom. The van der Waals surface area contributed by atoms with E-state index in [1.165, 1.54) is 0 Å². The minimum Gasteiger partial charge on any atom is -0.370 e. The van der Waals surface area contributed by atoms with Crippen molar-refractivity contribution in [3.8, 4) is 0 Å². The Bertz CT molecular complexity index is 935. The fourth-order valence-electron chi connectivity index (χ4n) is 4.15. The van der Waals surface area contributed by atoms with Crippen LogP contribution in [0.1, 0.15) is 68.6 Å². The number of carbonyl (C=O) groups is 1. The molecule has 1 saturated carbocycles. The summed E-state index contributed by atoms with van der Waals surface area (Å²) in [4.78, 5) is 26.4. The highest BCUT2D eigenvalue weighted by Gasteiger charge is 2.26. The van der Waals surface area contributed by atoms with Crippen molar-refractivity contribution < 1.29 is 4.79 Å². The molecule has 0 radical (unpaired) electrons. The summed E-state index contributed by atoms with van der Waals surface area (Å²) in [6.45, 7) is 6.92. The number of hydrogen-bond donors (Lipinski definition) is 4. The predicted molar refractivity (Wildman–Crippen MR) is 126 cm³/mol. The molecule has 1 fully saturated rings. The minimum atomic E-state index is -0.248. The van der Waals surface area contributed by atoms with E-state index in [0.29, 0.717) is 18.3 Å². The zero-order valence-electron chi connectivity index (χ0n) is 18.8. The van der Waals surface area contributed by atoms with E-state index in [4.69, 9.17) is 11.5 Å². The van der Waals surface area contributed by atoms with Crippen molar-refractivity contribution in [3.05, 3.63) is 29.6 Å². The molecule has 8 heteroatoms. The summed E-state index contributed by atoms with van der Waals surface area (Å²) in [5, 5.41) is 7.43. The van der Waals surface area contributed by atoms with Crippen LogP contribution < -0.4 is 22.1 Å². The molecule has 0 unspecified atom stereocenters. The van der Waals surface area contributed by atoms with E-state index in [0.717, 1.165) is 55.0 Å². The lowest BCUT2D eigenvalue weighted by Crippen LogP contribution is -2.38. The van der Waals surface area contributed by atoms with Gasteiger partial charge >= 0.3 is 0 Å². The predicted octanol–water partition coefficient (Wildman–Crippen LogP) is 3.10. The molecule has 168 valence electrons. The first-order valence-corrected chi connectivity index (χ1v) is 11.3. The smallest absolute Gasteiger partial charge is 0.289 e. The van der Waals surface area contributed by atoms with Gasteiger partial charge in [0.1, 0.15) is 5.82 Å². The average Bonchev–Trinajstić information content (AvgIpc) is 2.75. The van der Waals surface area contributed by atoms with E-state index in [9.17, 15) is 4.79 Å². The van der Waals surface area contributed by atoms with Crippen molar-refractivity contribution in [2.45, 2.75) is 71.4 Å². The third kappa shape index (κ3) is 5.83. The first-order chi connectivity index (χ1) is 14.9. The lowest BCUT2D eigenvalue weighted by molar-refractivity contribution is 0.0936. The number of fused-ring (bicyclic) bond motifs is 1. The van der Waals surface area contributed by atoms with Crippen LogP contribution in [0, 0.1) is 12.8 Å². The number of aromatic nitrogens is 2. The number of aryl methyl sites for hydroxylation is 1. The molecular weight excluding hydrogens is 390 g/mol. The SMILES string of the molecule is CCC(CC)CNC(=O)c1nc(N[C@@H]2CCCC[C@@H]2N=C(N)N)c2cc(C)ccc2n1. The lowest BCUT2D eigenvalue weighted by Gasteiger charge is -2.30. The summed E-state index contributed by atoms with van der Waals surface area (Å²) in [6.07, 6.45) is 6.09. The molecule has 1 aromatic carbocycles. The number of rotatable bonds is 8. The third-order valence-electron chi connectivity index (χ3n) is 6.13.